The van der Waals surface area contributed by atoms with Crippen LogP contribution in [0.15, 0.2) is 29.2 Å². The van der Waals surface area contributed by atoms with E-state index in [4.69, 9.17) is 6.42 Å². The number of rotatable bonds is 4. The highest BCUT2D eigenvalue weighted by Gasteiger charge is 2.35. The van der Waals surface area contributed by atoms with E-state index in [0.29, 0.717) is 17.5 Å². The maximum atomic E-state index is 12.9. The van der Waals surface area contributed by atoms with Crippen molar-refractivity contribution in [3.8, 4) is 12.3 Å². The van der Waals surface area contributed by atoms with E-state index in [1.165, 1.54) is 37.8 Å². The van der Waals surface area contributed by atoms with Crippen LogP contribution in [0.5, 0.6) is 0 Å². The van der Waals surface area contributed by atoms with E-state index in [1.807, 2.05) is 4.90 Å². The number of terminal acetylenes is 1. The molecule has 0 unspecified atom stereocenters. The first-order valence-electron chi connectivity index (χ1n) is 8.87. The molecule has 1 heterocycles. The Hall–Kier alpha value is -1.84. The lowest BCUT2D eigenvalue weighted by atomic mass is 9.78. The van der Waals surface area contributed by atoms with Crippen molar-refractivity contribution < 1.29 is 13.2 Å². The second kappa shape index (κ2) is 7.59. The number of fused-ring (bicyclic) bond motifs is 1. The molecule has 1 N–H and O–H groups in total. The molecule has 2 atom stereocenters. The number of nitrogens with zero attached hydrogens (tertiary/aromatic N) is 1. The van der Waals surface area contributed by atoms with Crippen LogP contribution in [0.3, 0.4) is 0 Å². The molecule has 25 heavy (non-hydrogen) atoms. The van der Waals surface area contributed by atoms with Crippen LogP contribution in [0.1, 0.15) is 48.9 Å². The maximum Gasteiger partial charge on any atom is 0.254 e. The van der Waals surface area contributed by atoms with Crippen molar-refractivity contribution in [2.75, 3.05) is 13.1 Å². The molecule has 1 aliphatic carbocycles. The van der Waals surface area contributed by atoms with E-state index in [-0.39, 0.29) is 17.3 Å². The first kappa shape index (κ1) is 18.0. The van der Waals surface area contributed by atoms with Gasteiger partial charge in [0.25, 0.3) is 5.91 Å². The third-order valence-corrected chi connectivity index (χ3v) is 6.70. The van der Waals surface area contributed by atoms with Crippen LogP contribution in [0.2, 0.25) is 0 Å². The van der Waals surface area contributed by atoms with Crippen molar-refractivity contribution in [3.05, 3.63) is 29.8 Å². The second-order valence-corrected chi connectivity index (χ2v) is 8.57. The number of likely N-dealkylation sites (tertiary alicyclic amines) is 1. The molecule has 1 aromatic rings. The average Bonchev–Trinajstić information content (AvgIpc) is 2.65. The van der Waals surface area contributed by atoms with Gasteiger partial charge >= 0.3 is 0 Å². The van der Waals surface area contributed by atoms with Crippen molar-refractivity contribution >= 4 is 15.9 Å². The minimum atomic E-state index is -3.63. The minimum absolute atomic E-state index is 0.0112. The van der Waals surface area contributed by atoms with Gasteiger partial charge in [0.1, 0.15) is 0 Å². The lowest BCUT2D eigenvalue weighted by Crippen LogP contribution is -2.49. The van der Waals surface area contributed by atoms with E-state index >= 15 is 0 Å². The Balaban J connectivity index is 1.75. The molecule has 0 bridgehead atoms. The zero-order valence-electron chi connectivity index (χ0n) is 14.3. The van der Waals surface area contributed by atoms with Crippen LogP contribution in [0.25, 0.3) is 0 Å². The molecule has 0 aromatic heterocycles. The predicted octanol–water partition coefficient (Wildman–Crippen LogP) is 2.39. The van der Waals surface area contributed by atoms with Crippen LogP contribution >= 0.6 is 0 Å². The molecule has 0 spiro atoms. The van der Waals surface area contributed by atoms with Gasteiger partial charge in [-0.25, -0.2) is 8.42 Å². The average molecular weight is 360 g/mol. The quantitative estimate of drug-likeness (QED) is 0.839. The highest BCUT2D eigenvalue weighted by atomic mass is 32.2. The third kappa shape index (κ3) is 3.88. The maximum absolute atomic E-state index is 12.9. The first-order chi connectivity index (χ1) is 12.0. The Morgan fingerprint density at radius 3 is 2.56 bits per heavy atom. The summed E-state index contributed by atoms with van der Waals surface area (Å²) in [6.45, 7) is 0.740. The van der Waals surface area contributed by atoms with Gasteiger partial charge in [-0.05, 0) is 55.9 Å². The minimum Gasteiger partial charge on any atom is -0.335 e. The molecular weight excluding hydrogens is 336 g/mol. The van der Waals surface area contributed by atoms with E-state index in [2.05, 4.69) is 10.6 Å². The number of carbonyl (C=O) groups is 1. The van der Waals surface area contributed by atoms with Gasteiger partial charge in [-0.1, -0.05) is 18.8 Å². The summed E-state index contributed by atoms with van der Waals surface area (Å²) >= 11 is 0. The Bertz CT molecular complexity index is 763. The summed E-state index contributed by atoms with van der Waals surface area (Å²) in [7, 11) is -3.63. The van der Waals surface area contributed by atoms with E-state index in [1.54, 1.807) is 12.1 Å². The van der Waals surface area contributed by atoms with E-state index < -0.39 is 10.0 Å². The third-order valence-electron chi connectivity index (χ3n) is 5.28. The number of sulfonamides is 1. The van der Waals surface area contributed by atoms with Crippen LogP contribution < -0.4 is 4.72 Å². The summed E-state index contributed by atoms with van der Waals surface area (Å²) in [5.41, 5.74) is 0.544. The molecule has 134 valence electrons. The molecule has 3 rings (SSSR count). The Kier molecular flexibility index (Phi) is 5.45. The van der Waals surface area contributed by atoms with Gasteiger partial charge in [0.05, 0.1) is 11.4 Å². The Labute approximate surface area is 149 Å². The smallest absolute Gasteiger partial charge is 0.254 e. The molecule has 1 amide bonds. The number of piperidine rings is 1. The van der Waals surface area contributed by atoms with Crippen molar-refractivity contribution in [2.45, 2.75) is 49.5 Å². The summed E-state index contributed by atoms with van der Waals surface area (Å²) in [5.74, 6) is 2.88. The molecule has 5 nitrogen and oxygen atoms in total. The predicted molar refractivity (Wildman–Crippen MR) is 96.5 cm³/mol. The number of hydrogen-bond donors (Lipinski definition) is 1. The monoisotopic (exact) mass is 360 g/mol. The van der Waals surface area contributed by atoms with Gasteiger partial charge < -0.3 is 4.90 Å². The normalized spacial score (nSPS) is 23.6. The van der Waals surface area contributed by atoms with Crippen LogP contribution in [0, 0.1) is 18.3 Å². The SMILES string of the molecule is C#CCNS(=O)(=O)c1ccc(C(=O)N2CCC[C@H]3CCCC[C@@H]32)cc1. The molecule has 1 aromatic carbocycles. The number of amides is 1. The van der Waals surface area contributed by atoms with Crippen molar-refractivity contribution in [3.63, 3.8) is 0 Å². The van der Waals surface area contributed by atoms with Gasteiger partial charge in [-0.2, -0.15) is 4.72 Å². The summed E-state index contributed by atoms with van der Waals surface area (Å²) in [6.07, 6.45) is 12.1. The van der Waals surface area contributed by atoms with Gasteiger partial charge in [0.15, 0.2) is 0 Å². The standard InChI is InChI=1S/C19H24N2O3S/c1-2-13-20-25(23,24)17-11-9-16(10-12-17)19(22)21-14-5-7-15-6-3-4-8-18(15)21/h1,9-12,15,18,20H,3-8,13-14H2/t15-,18+/m1/s1. The highest BCUT2D eigenvalue weighted by Crippen LogP contribution is 2.35. The van der Waals surface area contributed by atoms with Crippen LogP contribution in [-0.2, 0) is 10.0 Å². The Morgan fingerprint density at radius 1 is 1.16 bits per heavy atom. The Morgan fingerprint density at radius 2 is 1.84 bits per heavy atom. The molecule has 1 aliphatic heterocycles. The van der Waals surface area contributed by atoms with Gasteiger partial charge in [-0.3, -0.25) is 4.79 Å². The van der Waals surface area contributed by atoms with Crippen molar-refractivity contribution in [1.82, 2.24) is 9.62 Å². The molecule has 1 saturated heterocycles. The molecule has 0 radical (unpaired) electrons. The van der Waals surface area contributed by atoms with Crippen molar-refractivity contribution in [1.29, 1.82) is 0 Å². The molecule has 2 fully saturated rings. The molecular formula is C19H24N2O3S. The summed E-state index contributed by atoms with van der Waals surface area (Å²) in [6, 6.07) is 6.47. The fourth-order valence-electron chi connectivity index (χ4n) is 4.04. The number of hydrogen-bond acceptors (Lipinski definition) is 3. The highest BCUT2D eigenvalue weighted by molar-refractivity contribution is 7.89. The second-order valence-electron chi connectivity index (χ2n) is 6.81. The van der Waals surface area contributed by atoms with Crippen molar-refractivity contribution in [2.24, 2.45) is 5.92 Å². The summed E-state index contributed by atoms with van der Waals surface area (Å²) in [5, 5.41) is 0. The molecule has 2 aliphatic rings. The zero-order valence-corrected chi connectivity index (χ0v) is 15.1. The number of benzene rings is 1. The molecule has 6 heteroatoms. The molecule has 1 saturated carbocycles. The fourth-order valence-corrected chi connectivity index (χ4v) is 4.97. The van der Waals surface area contributed by atoms with E-state index in [9.17, 15) is 13.2 Å². The van der Waals surface area contributed by atoms with Crippen LogP contribution in [0.4, 0.5) is 0 Å². The van der Waals surface area contributed by atoms with Gasteiger partial charge in [-0.15, -0.1) is 6.42 Å². The zero-order chi connectivity index (χ0) is 17.9. The lowest BCUT2D eigenvalue weighted by molar-refractivity contribution is 0.0390. The lowest BCUT2D eigenvalue weighted by Gasteiger charge is -2.44. The van der Waals surface area contributed by atoms with Gasteiger partial charge in [0, 0.05) is 18.2 Å². The van der Waals surface area contributed by atoms with Gasteiger partial charge in [0.2, 0.25) is 10.0 Å². The number of carbonyl (C=O) groups excluding carboxylic acids is 1. The summed E-state index contributed by atoms with van der Waals surface area (Å²) < 4.78 is 26.4. The van der Waals surface area contributed by atoms with E-state index in [0.717, 1.165) is 19.4 Å². The topological polar surface area (TPSA) is 66.5 Å². The first-order valence-corrected chi connectivity index (χ1v) is 10.4. The largest absolute Gasteiger partial charge is 0.335 e. The fraction of sp³-hybridized carbons (Fsp3) is 0.526. The number of nitrogens with one attached hydrogen (secondary N) is 1. The van der Waals surface area contributed by atoms with Crippen LogP contribution in [-0.4, -0.2) is 38.4 Å². The summed E-state index contributed by atoms with van der Waals surface area (Å²) in [4.78, 5) is 15.0.